The van der Waals surface area contributed by atoms with Crippen LogP contribution in [-0.4, -0.2) is 41.7 Å². The normalized spacial score (nSPS) is 11.9. The van der Waals surface area contributed by atoms with E-state index in [0.29, 0.717) is 18.7 Å². The molecule has 1 amide bonds. The van der Waals surface area contributed by atoms with Gasteiger partial charge in [-0.05, 0) is 12.5 Å². The summed E-state index contributed by atoms with van der Waals surface area (Å²) in [5.74, 6) is -1.52. The number of amides is 1. The number of carbonyl (C=O) groups excluding carboxylic acids is 1. The van der Waals surface area contributed by atoms with Crippen LogP contribution < -0.4 is 11.1 Å². The van der Waals surface area contributed by atoms with Crippen LogP contribution >= 0.6 is 0 Å². The Labute approximate surface area is 104 Å². The SMILES string of the molecule is COCCC(N)C(=O)Nc1cncc(C(=O)O)c1. The second kappa shape index (κ2) is 6.67. The van der Waals surface area contributed by atoms with Gasteiger partial charge in [-0.2, -0.15) is 0 Å². The number of carboxylic acids is 1. The summed E-state index contributed by atoms with van der Waals surface area (Å²) < 4.78 is 4.81. The van der Waals surface area contributed by atoms with E-state index in [2.05, 4.69) is 10.3 Å². The van der Waals surface area contributed by atoms with E-state index in [0.717, 1.165) is 0 Å². The fourth-order valence-electron chi connectivity index (χ4n) is 1.24. The van der Waals surface area contributed by atoms with Gasteiger partial charge in [-0.1, -0.05) is 0 Å². The van der Waals surface area contributed by atoms with Gasteiger partial charge >= 0.3 is 5.97 Å². The number of carbonyl (C=O) groups is 2. The monoisotopic (exact) mass is 253 g/mol. The standard InChI is InChI=1S/C11H15N3O4/c1-18-3-2-9(12)10(15)14-8-4-7(11(16)17)5-13-6-8/h4-6,9H,2-3,12H2,1H3,(H,14,15)(H,16,17). The minimum absolute atomic E-state index is 0.00161. The fourth-order valence-corrected chi connectivity index (χ4v) is 1.24. The van der Waals surface area contributed by atoms with E-state index in [1.807, 2.05) is 0 Å². The first-order chi connectivity index (χ1) is 8.54. The predicted octanol–water partition coefficient (Wildman–Crippen LogP) is 0.0821. The Hall–Kier alpha value is -1.99. The molecule has 0 aliphatic carbocycles. The number of rotatable bonds is 6. The van der Waals surface area contributed by atoms with E-state index in [-0.39, 0.29) is 5.56 Å². The van der Waals surface area contributed by atoms with E-state index in [9.17, 15) is 9.59 Å². The molecule has 1 rings (SSSR count). The molecule has 1 atom stereocenters. The van der Waals surface area contributed by atoms with Crippen molar-refractivity contribution in [3.8, 4) is 0 Å². The van der Waals surface area contributed by atoms with Crippen molar-refractivity contribution in [1.82, 2.24) is 4.98 Å². The molecule has 7 nitrogen and oxygen atoms in total. The molecule has 18 heavy (non-hydrogen) atoms. The van der Waals surface area contributed by atoms with Crippen molar-refractivity contribution in [3.63, 3.8) is 0 Å². The molecule has 0 aliphatic rings. The molecule has 0 aliphatic heterocycles. The number of nitrogens with one attached hydrogen (secondary N) is 1. The molecule has 7 heteroatoms. The predicted molar refractivity (Wildman–Crippen MR) is 64.3 cm³/mol. The maximum atomic E-state index is 11.6. The molecule has 4 N–H and O–H groups in total. The Morgan fingerprint density at radius 3 is 2.89 bits per heavy atom. The average molecular weight is 253 g/mol. The summed E-state index contributed by atoms with van der Waals surface area (Å²) in [5.41, 5.74) is 5.92. The van der Waals surface area contributed by atoms with Crippen LogP contribution in [-0.2, 0) is 9.53 Å². The Morgan fingerprint density at radius 1 is 1.56 bits per heavy atom. The highest BCUT2D eigenvalue weighted by molar-refractivity contribution is 5.96. The van der Waals surface area contributed by atoms with E-state index < -0.39 is 17.9 Å². The molecule has 1 heterocycles. The van der Waals surface area contributed by atoms with Gasteiger partial charge in [-0.25, -0.2) is 4.79 Å². The molecule has 1 aromatic rings. The first-order valence-corrected chi connectivity index (χ1v) is 5.28. The smallest absolute Gasteiger partial charge is 0.337 e. The van der Waals surface area contributed by atoms with E-state index >= 15 is 0 Å². The first-order valence-electron chi connectivity index (χ1n) is 5.28. The van der Waals surface area contributed by atoms with Gasteiger partial charge in [0.2, 0.25) is 5.91 Å². The molecule has 0 saturated carbocycles. The molecule has 0 spiro atoms. The topological polar surface area (TPSA) is 115 Å². The molecular formula is C11H15N3O4. The van der Waals surface area contributed by atoms with Crippen LogP contribution in [0, 0.1) is 0 Å². The van der Waals surface area contributed by atoms with Gasteiger partial charge in [-0.3, -0.25) is 9.78 Å². The summed E-state index contributed by atoms with van der Waals surface area (Å²) in [4.78, 5) is 26.1. The maximum Gasteiger partial charge on any atom is 0.337 e. The molecule has 98 valence electrons. The Morgan fingerprint density at radius 2 is 2.28 bits per heavy atom. The number of aromatic nitrogens is 1. The van der Waals surface area contributed by atoms with E-state index in [1.54, 1.807) is 0 Å². The van der Waals surface area contributed by atoms with E-state index in [4.69, 9.17) is 15.6 Å². The van der Waals surface area contributed by atoms with Crippen molar-refractivity contribution in [1.29, 1.82) is 0 Å². The summed E-state index contributed by atoms with van der Waals surface area (Å²) >= 11 is 0. The number of nitrogens with zero attached hydrogens (tertiary/aromatic N) is 1. The zero-order chi connectivity index (χ0) is 13.5. The number of nitrogens with two attached hydrogens (primary N) is 1. The number of aromatic carboxylic acids is 1. The Balaban J connectivity index is 2.64. The van der Waals surface area contributed by atoms with Gasteiger partial charge in [0.05, 0.1) is 23.5 Å². The van der Waals surface area contributed by atoms with E-state index in [1.165, 1.54) is 25.6 Å². The number of hydrogen-bond donors (Lipinski definition) is 3. The maximum absolute atomic E-state index is 11.6. The second-order valence-electron chi connectivity index (χ2n) is 3.64. The van der Waals surface area contributed by atoms with Crippen LogP contribution in [0.2, 0.25) is 0 Å². The van der Waals surface area contributed by atoms with Crippen LogP contribution in [0.5, 0.6) is 0 Å². The number of methoxy groups -OCH3 is 1. The van der Waals surface area contributed by atoms with Crippen LogP contribution in [0.1, 0.15) is 16.8 Å². The highest BCUT2D eigenvalue weighted by atomic mass is 16.5. The lowest BCUT2D eigenvalue weighted by molar-refractivity contribution is -0.117. The molecule has 1 unspecified atom stereocenters. The minimum atomic E-state index is -1.11. The van der Waals surface area contributed by atoms with Gasteiger partial charge in [0.25, 0.3) is 0 Å². The molecule has 0 aromatic carbocycles. The zero-order valence-electron chi connectivity index (χ0n) is 9.92. The fraction of sp³-hybridized carbons (Fsp3) is 0.364. The summed E-state index contributed by atoms with van der Waals surface area (Å²) in [6.45, 7) is 0.377. The zero-order valence-corrected chi connectivity index (χ0v) is 9.92. The van der Waals surface area contributed by atoms with Crippen molar-refractivity contribution in [2.75, 3.05) is 19.0 Å². The molecule has 0 fully saturated rings. The minimum Gasteiger partial charge on any atom is -0.478 e. The summed E-state index contributed by atoms with van der Waals surface area (Å²) in [5, 5.41) is 11.3. The van der Waals surface area contributed by atoms with Crippen LogP contribution in [0.25, 0.3) is 0 Å². The van der Waals surface area contributed by atoms with Crippen LogP contribution in [0.3, 0.4) is 0 Å². The Bertz CT molecular complexity index is 436. The van der Waals surface area contributed by atoms with Gasteiger partial charge in [0.1, 0.15) is 0 Å². The molecule has 1 aromatic heterocycles. The third-order valence-corrected chi connectivity index (χ3v) is 2.22. The number of ether oxygens (including phenoxy) is 1. The van der Waals surface area contributed by atoms with Crippen LogP contribution in [0.15, 0.2) is 18.5 Å². The van der Waals surface area contributed by atoms with Crippen molar-refractivity contribution in [2.24, 2.45) is 5.73 Å². The van der Waals surface area contributed by atoms with Gasteiger partial charge < -0.3 is 20.9 Å². The van der Waals surface area contributed by atoms with Crippen molar-refractivity contribution >= 4 is 17.6 Å². The molecular weight excluding hydrogens is 238 g/mol. The van der Waals surface area contributed by atoms with Crippen molar-refractivity contribution in [2.45, 2.75) is 12.5 Å². The van der Waals surface area contributed by atoms with Crippen molar-refractivity contribution < 1.29 is 19.4 Å². The first kappa shape index (κ1) is 14.1. The van der Waals surface area contributed by atoms with Crippen molar-refractivity contribution in [3.05, 3.63) is 24.0 Å². The van der Waals surface area contributed by atoms with Gasteiger partial charge in [-0.15, -0.1) is 0 Å². The molecule has 0 saturated heterocycles. The summed E-state index contributed by atoms with van der Waals surface area (Å²) in [7, 11) is 1.52. The number of hydrogen-bond acceptors (Lipinski definition) is 5. The van der Waals surface area contributed by atoms with Crippen LogP contribution in [0.4, 0.5) is 5.69 Å². The average Bonchev–Trinajstić information content (AvgIpc) is 2.36. The van der Waals surface area contributed by atoms with Gasteiger partial charge in [0, 0.05) is 19.9 Å². The number of pyridine rings is 1. The third-order valence-electron chi connectivity index (χ3n) is 2.22. The highest BCUT2D eigenvalue weighted by Crippen LogP contribution is 2.09. The number of carboxylic acid groups (broad SMARTS) is 1. The summed E-state index contributed by atoms with van der Waals surface area (Å²) in [6, 6.07) is 0.606. The Kier molecular flexibility index (Phi) is 5.22. The lowest BCUT2D eigenvalue weighted by Gasteiger charge is -2.11. The van der Waals surface area contributed by atoms with Gasteiger partial charge in [0.15, 0.2) is 0 Å². The molecule has 0 radical (unpaired) electrons. The summed E-state index contributed by atoms with van der Waals surface area (Å²) in [6.07, 6.45) is 2.94. The lowest BCUT2D eigenvalue weighted by Crippen LogP contribution is -2.36. The largest absolute Gasteiger partial charge is 0.478 e. The molecule has 0 bridgehead atoms. The number of anilines is 1. The lowest BCUT2D eigenvalue weighted by atomic mass is 10.2. The quantitative estimate of drug-likeness (QED) is 0.661. The third kappa shape index (κ3) is 4.11. The highest BCUT2D eigenvalue weighted by Gasteiger charge is 2.14. The second-order valence-corrected chi connectivity index (χ2v) is 3.64.